The Morgan fingerprint density at radius 1 is 1.29 bits per heavy atom. The van der Waals surface area contributed by atoms with E-state index in [2.05, 4.69) is 41.9 Å². The molecule has 17 heavy (non-hydrogen) atoms. The first kappa shape index (κ1) is 12.7. The summed E-state index contributed by atoms with van der Waals surface area (Å²) in [6.45, 7) is 9.49. The first-order valence-corrected chi connectivity index (χ1v) is 7.10. The van der Waals surface area contributed by atoms with Crippen LogP contribution in [0.15, 0.2) is 23.9 Å². The van der Waals surface area contributed by atoms with Crippen LogP contribution in [0.5, 0.6) is 0 Å². The van der Waals surface area contributed by atoms with Crippen LogP contribution in [0.2, 0.25) is 0 Å². The second kappa shape index (κ2) is 6.25. The third kappa shape index (κ3) is 3.60. The van der Waals surface area contributed by atoms with E-state index in [1.807, 2.05) is 0 Å². The third-order valence-electron chi connectivity index (χ3n) is 4.11. The van der Waals surface area contributed by atoms with Gasteiger partial charge in [-0.25, -0.2) is 0 Å². The zero-order valence-corrected chi connectivity index (χ0v) is 11.4. The first-order chi connectivity index (χ1) is 8.27. The van der Waals surface area contributed by atoms with Gasteiger partial charge < -0.3 is 9.80 Å². The lowest BCUT2D eigenvalue weighted by molar-refractivity contribution is 0.154. The fourth-order valence-electron chi connectivity index (χ4n) is 2.87. The normalized spacial score (nSPS) is 26.1. The molecule has 1 fully saturated rings. The molecule has 0 aliphatic carbocycles. The largest absolute Gasteiger partial charge is 0.371 e. The molecule has 0 amide bonds. The molecule has 0 saturated carbocycles. The predicted molar refractivity (Wildman–Crippen MR) is 74.0 cm³/mol. The molecule has 0 radical (unpaired) electrons. The fraction of sp³-hybridized carbons (Fsp3) is 0.733. The van der Waals surface area contributed by atoms with Crippen LogP contribution >= 0.6 is 0 Å². The Morgan fingerprint density at radius 3 is 2.94 bits per heavy atom. The molecule has 0 bridgehead atoms. The van der Waals surface area contributed by atoms with Gasteiger partial charge in [0, 0.05) is 31.4 Å². The van der Waals surface area contributed by atoms with Crippen LogP contribution in [0, 0.1) is 0 Å². The molecule has 1 atom stereocenters. The summed E-state index contributed by atoms with van der Waals surface area (Å²) in [4.78, 5) is 5.15. The minimum absolute atomic E-state index is 0.807. The molecule has 0 aromatic carbocycles. The highest BCUT2D eigenvalue weighted by atomic mass is 15.2. The lowest BCUT2D eigenvalue weighted by Gasteiger charge is -2.34. The summed E-state index contributed by atoms with van der Waals surface area (Å²) < 4.78 is 0. The predicted octanol–water partition coefficient (Wildman–Crippen LogP) is 3.03. The second-order valence-corrected chi connectivity index (χ2v) is 5.42. The highest BCUT2D eigenvalue weighted by Crippen LogP contribution is 2.17. The number of rotatable bonds is 4. The first-order valence-electron chi connectivity index (χ1n) is 7.10. The van der Waals surface area contributed by atoms with Gasteiger partial charge in [0.05, 0.1) is 0 Å². The number of hydrogen-bond acceptors (Lipinski definition) is 2. The van der Waals surface area contributed by atoms with E-state index in [0.29, 0.717) is 0 Å². The van der Waals surface area contributed by atoms with Crippen molar-refractivity contribution in [2.45, 2.75) is 45.6 Å². The van der Waals surface area contributed by atoms with Crippen LogP contribution in [0.4, 0.5) is 0 Å². The standard InChI is InChI=1S/C15H26N2/c1-14-8-3-5-10-16(14)12-7-13-17-11-6-4-9-15(17)2/h3,5,8,15H,4,6-7,9-13H2,1-2H3. The topological polar surface area (TPSA) is 6.48 Å². The van der Waals surface area contributed by atoms with E-state index in [0.717, 1.165) is 12.6 Å². The summed E-state index contributed by atoms with van der Waals surface area (Å²) in [6.07, 6.45) is 12.1. The molecule has 96 valence electrons. The summed E-state index contributed by atoms with van der Waals surface area (Å²) in [5, 5.41) is 0. The molecular weight excluding hydrogens is 208 g/mol. The lowest BCUT2D eigenvalue weighted by Crippen LogP contribution is -2.39. The van der Waals surface area contributed by atoms with Crippen molar-refractivity contribution in [3.63, 3.8) is 0 Å². The molecule has 0 spiro atoms. The van der Waals surface area contributed by atoms with Gasteiger partial charge in [0.15, 0.2) is 0 Å². The number of nitrogens with zero attached hydrogens (tertiary/aromatic N) is 2. The Hall–Kier alpha value is -0.760. The van der Waals surface area contributed by atoms with E-state index >= 15 is 0 Å². The summed E-state index contributed by atoms with van der Waals surface area (Å²) in [7, 11) is 0. The van der Waals surface area contributed by atoms with Gasteiger partial charge in [-0.3, -0.25) is 0 Å². The SMILES string of the molecule is CC1=CC=CCN1CCCN1CCCCC1C. The Bertz CT molecular complexity index is 293. The van der Waals surface area contributed by atoms with Gasteiger partial charge in [-0.15, -0.1) is 0 Å². The molecule has 2 aliphatic rings. The van der Waals surface area contributed by atoms with Crippen LogP contribution in [-0.4, -0.2) is 42.0 Å². The van der Waals surface area contributed by atoms with Crippen LogP contribution in [-0.2, 0) is 0 Å². The molecule has 1 unspecified atom stereocenters. The maximum atomic E-state index is 2.67. The second-order valence-electron chi connectivity index (χ2n) is 5.42. The minimum Gasteiger partial charge on any atom is -0.371 e. The van der Waals surface area contributed by atoms with E-state index in [-0.39, 0.29) is 0 Å². The van der Waals surface area contributed by atoms with Crippen molar-refractivity contribution < 1.29 is 0 Å². The van der Waals surface area contributed by atoms with Gasteiger partial charge in [-0.2, -0.15) is 0 Å². The molecule has 2 heteroatoms. The van der Waals surface area contributed by atoms with E-state index in [1.165, 1.54) is 51.0 Å². The van der Waals surface area contributed by atoms with E-state index < -0.39 is 0 Å². The zero-order chi connectivity index (χ0) is 12.1. The summed E-state index contributed by atoms with van der Waals surface area (Å²) in [6, 6.07) is 0.807. The van der Waals surface area contributed by atoms with Crippen molar-refractivity contribution in [2.24, 2.45) is 0 Å². The Kier molecular flexibility index (Phi) is 4.66. The smallest absolute Gasteiger partial charge is 0.0359 e. The van der Waals surface area contributed by atoms with Gasteiger partial charge in [-0.05, 0) is 45.7 Å². The Labute approximate surface area is 106 Å². The maximum Gasteiger partial charge on any atom is 0.0359 e. The lowest BCUT2D eigenvalue weighted by atomic mass is 10.0. The van der Waals surface area contributed by atoms with E-state index in [9.17, 15) is 0 Å². The van der Waals surface area contributed by atoms with Crippen molar-refractivity contribution in [3.8, 4) is 0 Å². The molecule has 0 aromatic heterocycles. The number of allylic oxidation sites excluding steroid dienone is 3. The average molecular weight is 234 g/mol. The summed E-state index contributed by atoms with van der Waals surface area (Å²) >= 11 is 0. The molecule has 0 N–H and O–H groups in total. The summed E-state index contributed by atoms with van der Waals surface area (Å²) in [5.41, 5.74) is 1.42. The Balaban J connectivity index is 1.68. The van der Waals surface area contributed by atoms with Crippen LogP contribution in [0.25, 0.3) is 0 Å². The zero-order valence-electron chi connectivity index (χ0n) is 11.4. The highest BCUT2D eigenvalue weighted by molar-refractivity contribution is 5.15. The third-order valence-corrected chi connectivity index (χ3v) is 4.11. The van der Waals surface area contributed by atoms with Gasteiger partial charge in [-0.1, -0.05) is 18.6 Å². The quantitative estimate of drug-likeness (QED) is 0.738. The highest BCUT2D eigenvalue weighted by Gasteiger charge is 2.17. The number of hydrogen-bond donors (Lipinski definition) is 0. The molecule has 1 saturated heterocycles. The maximum absolute atomic E-state index is 2.67. The molecule has 2 rings (SSSR count). The van der Waals surface area contributed by atoms with Crippen molar-refractivity contribution in [3.05, 3.63) is 23.9 Å². The summed E-state index contributed by atoms with van der Waals surface area (Å²) in [5.74, 6) is 0. The van der Waals surface area contributed by atoms with Crippen LogP contribution in [0.3, 0.4) is 0 Å². The minimum atomic E-state index is 0.807. The van der Waals surface area contributed by atoms with Gasteiger partial charge in [0.1, 0.15) is 0 Å². The van der Waals surface area contributed by atoms with Crippen molar-refractivity contribution >= 4 is 0 Å². The van der Waals surface area contributed by atoms with Gasteiger partial charge in [0.2, 0.25) is 0 Å². The molecular formula is C15H26N2. The fourth-order valence-corrected chi connectivity index (χ4v) is 2.87. The van der Waals surface area contributed by atoms with Gasteiger partial charge >= 0.3 is 0 Å². The molecule has 2 heterocycles. The Morgan fingerprint density at radius 2 is 2.18 bits per heavy atom. The molecule has 2 aliphatic heterocycles. The number of piperidine rings is 1. The molecule has 0 aromatic rings. The van der Waals surface area contributed by atoms with Crippen molar-refractivity contribution in [1.29, 1.82) is 0 Å². The van der Waals surface area contributed by atoms with E-state index in [4.69, 9.17) is 0 Å². The van der Waals surface area contributed by atoms with Crippen LogP contribution < -0.4 is 0 Å². The average Bonchev–Trinajstić information content (AvgIpc) is 2.34. The van der Waals surface area contributed by atoms with Crippen molar-refractivity contribution in [2.75, 3.05) is 26.2 Å². The number of likely N-dealkylation sites (tertiary alicyclic amines) is 1. The monoisotopic (exact) mass is 234 g/mol. The van der Waals surface area contributed by atoms with E-state index in [1.54, 1.807) is 0 Å². The van der Waals surface area contributed by atoms with Crippen LogP contribution in [0.1, 0.15) is 39.5 Å². The van der Waals surface area contributed by atoms with Crippen molar-refractivity contribution in [1.82, 2.24) is 9.80 Å². The molecule has 2 nitrogen and oxygen atoms in total. The van der Waals surface area contributed by atoms with Gasteiger partial charge in [0.25, 0.3) is 0 Å².